The van der Waals surface area contributed by atoms with E-state index in [4.69, 9.17) is 6.42 Å². The number of pyridine rings is 1. The summed E-state index contributed by atoms with van der Waals surface area (Å²) in [5.74, 6) is 2.55. The van der Waals surface area contributed by atoms with Crippen molar-refractivity contribution < 1.29 is 0 Å². The molecule has 0 amide bonds. The highest BCUT2D eigenvalue weighted by Gasteiger charge is 2.10. The molecule has 2 heterocycles. The van der Waals surface area contributed by atoms with E-state index in [9.17, 15) is 9.59 Å². The minimum Gasteiger partial charge on any atom is -0.280 e. The van der Waals surface area contributed by atoms with Crippen molar-refractivity contribution in [3.05, 3.63) is 50.7 Å². The van der Waals surface area contributed by atoms with Gasteiger partial charge >= 0.3 is 5.69 Å². The Morgan fingerprint density at radius 1 is 1.15 bits per heavy atom. The van der Waals surface area contributed by atoms with Gasteiger partial charge in [-0.15, -0.1) is 6.42 Å². The molecule has 0 aliphatic rings. The Kier molecular flexibility index (Phi) is 2.48. The molecule has 3 rings (SSSR count). The first-order valence-corrected chi connectivity index (χ1v) is 6.00. The van der Waals surface area contributed by atoms with E-state index in [1.807, 2.05) is 0 Å². The number of aryl methyl sites for hydroxylation is 1. The van der Waals surface area contributed by atoms with E-state index in [0.717, 1.165) is 15.5 Å². The molecule has 0 saturated carbocycles. The molecule has 0 spiro atoms. The Hall–Kier alpha value is -2.87. The molecule has 2 aromatic heterocycles. The third-order valence-corrected chi connectivity index (χ3v) is 3.39. The summed E-state index contributed by atoms with van der Waals surface area (Å²) in [4.78, 5) is 28.5. The van der Waals surface area contributed by atoms with Crippen molar-refractivity contribution in [1.82, 2.24) is 14.1 Å². The normalized spacial score (nSPS) is 10.8. The molecule has 5 heteroatoms. The summed E-state index contributed by atoms with van der Waals surface area (Å²) in [6.07, 6.45) is 5.37. The molecule has 0 atom stereocenters. The van der Waals surface area contributed by atoms with Gasteiger partial charge in [0.1, 0.15) is 5.65 Å². The molecule has 0 unspecified atom stereocenters. The average molecular weight is 265 g/mol. The Bertz CT molecular complexity index is 1020. The van der Waals surface area contributed by atoms with Crippen molar-refractivity contribution in [3.63, 3.8) is 0 Å². The van der Waals surface area contributed by atoms with E-state index in [2.05, 4.69) is 10.9 Å². The first kappa shape index (κ1) is 12.2. The number of hydrogen-bond donors (Lipinski definition) is 0. The number of terminal acetylenes is 1. The summed E-state index contributed by atoms with van der Waals surface area (Å²) < 4.78 is 2.44. The molecular formula is C15H11N3O2. The maximum absolute atomic E-state index is 12.2. The van der Waals surface area contributed by atoms with Crippen molar-refractivity contribution >= 4 is 21.9 Å². The smallest absolute Gasteiger partial charge is 0.280 e. The number of aromatic nitrogens is 3. The molecule has 0 fully saturated rings. The summed E-state index contributed by atoms with van der Waals surface area (Å²) in [6, 6.07) is 7.08. The SMILES string of the molecule is C#Cc1ccc2nc3c(cc2c1)c(=O)n(C)c(=O)n3C. The molecule has 98 valence electrons. The fourth-order valence-corrected chi connectivity index (χ4v) is 2.25. The molecule has 3 aromatic rings. The lowest BCUT2D eigenvalue weighted by Crippen LogP contribution is -2.37. The van der Waals surface area contributed by atoms with E-state index >= 15 is 0 Å². The summed E-state index contributed by atoms with van der Waals surface area (Å²) >= 11 is 0. The number of nitrogens with zero attached hydrogens (tertiary/aromatic N) is 3. The molecule has 0 N–H and O–H groups in total. The lowest BCUT2D eigenvalue weighted by Gasteiger charge is -2.08. The standard InChI is InChI=1S/C15H11N3O2/c1-4-9-5-6-12-10(7-9)8-11-13(16-12)17(2)15(20)18(3)14(11)19/h1,5-8H,2-3H3. The van der Waals surface area contributed by atoms with E-state index in [1.54, 1.807) is 31.3 Å². The zero-order valence-corrected chi connectivity index (χ0v) is 11.0. The van der Waals surface area contributed by atoms with Gasteiger partial charge in [-0.25, -0.2) is 9.78 Å². The lowest BCUT2D eigenvalue weighted by atomic mass is 10.1. The largest absolute Gasteiger partial charge is 0.332 e. The molecule has 0 radical (unpaired) electrons. The Morgan fingerprint density at radius 2 is 1.90 bits per heavy atom. The van der Waals surface area contributed by atoms with Gasteiger partial charge in [0.15, 0.2) is 0 Å². The van der Waals surface area contributed by atoms with E-state index < -0.39 is 5.69 Å². The van der Waals surface area contributed by atoms with Crippen LogP contribution in [0, 0.1) is 12.3 Å². The first-order chi connectivity index (χ1) is 9.52. The predicted molar refractivity (Wildman–Crippen MR) is 77.7 cm³/mol. The molecule has 0 aliphatic carbocycles. The summed E-state index contributed by atoms with van der Waals surface area (Å²) in [5.41, 5.74) is 1.04. The van der Waals surface area contributed by atoms with Crippen LogP contribution >= 0.6 is 0 Å². The van der Waals surface area contributed by atoms with Gasteiger partial charge < -0.3 is 0 Å². The van der Waals surface area contributed by atoms with E-state index in [1.165, 1.54) is 11.6 Å². The van der Waals surface area contributed by atoms with Crippen LogP contribution in [0.15, 0.2) is 33.9 Å². The second kappa shape index (κ2) is 4.07. The Labute approximate surface area is 114 Å². The van der Waals surface area contributed by atoms with Crippen molar-refractivity contribution in [3.8, 4) is 12.3 Å². The van der Waals surface area contributed by atoms with Crippen LogP contribution in [0.1, 0.15) is 5.56 Å². The highest BCUT2D eigenvalue weighted by molar-refractivity contribution is 5.91. The fraction of sp³-hybridized carbons (Fsp3) is 0.133. The third kappa shape index (κ3) is 1.55. The minimum atomic E-state index is -0.394. The van der Waals surface area contributed by atoms with Gasteiger partial charge in [0, 0.05) is 25.0 Å². The van der Waals surface area contributed by atoms with Gasteiger partial charge in [-0.3, -0.25) is 13.9 Å². The molecule has 0 saturated heterocycles. The zero-order chi connectivity index (χ0) is 14.4. The topological polar surface area (TPSA) is 56.9 Å². The first-order valence-electron chi connectivity index (χ1n) is 6.00. The predicted octanol–water partition coefficient (Wildman–Crippen LogP) is 0.767. The van der Waals surface area contributed by atoms with Gasteiger partial charge in [0.05, 0.1) is 10.9 Å². The number of rotatable bonds is 0. The molecular weight excluding hydrogens is 254 g/mol. The van der Waals surface area contributed by atoms with Crippen LogP contribution in [-0.4, -0.2) is 14.1 Å². The second-order valence-electron chi connectivity index (χ2n) is 4.62. The average Bonchev–Trinajstić information content (AvgIpc) is 2.48. The maximum Gasteiger partial charge on any atom is 0.332 e. The van der Waals surface area contributed by atoms with Crippen LogP contribution in [0.4, 0.5) is 0 Å². The monoisotopic (exact) mass is 265 g/mol. The quantitative estimate of drug-likeness (QED) is 0.445. The molecule has 20 heavy (non-hydrogen) atoms. The molecule has 0 aliphatic heterocycles. The molecule has 1 aromatic carbocycles. The number of fused-ring (bicyclic) bond motifs is 2. The van der Waals surface area contributed by atoms with Gasteiger partial charge in [0.2, 0.25) is 0 Å². The number of hydrogen-bond acceptors (Lipinski definition) is 3. The van der Waals surface area contributed by atoms with Crippen molar-refractivity contribution in [2.75, 3.05) is 0 Å². The van der Waals surface area contributed by atoms with Crippen molar-refractivity contribution in [2.24, 2.45) is 14.1 Å². The van der Waals surface area contributed by atoms with Gasteiger partial charge in [-0.05, 0) is 24.3 Å². The summed E-state index contributed by atoms with van der Waals surface area (Å²) in [7, 11) is 3.05. The van der Waals surface area contributed by atoms with Crippen LogP contribution in [0.2, 0.25) is 0 Å². The number of benzene rings is 1. The van der Waals surface area contributed by atoms with Crippen LogP contribution in [0.25, 0.3) is 21.9 Å². The van der Waals surface area contributed by atoms with E-state index in [0.29, 0.717) is 16.6 Å². The van der Waals surface area contributed by atoms with Crippen molar-refractivity contribution in [2.45, 2.75) is 0 Å². The van der Waals surface area contributed by atoms with Gasteiger partial charge in [-0.1, -0.05) is 5.92 Å². The van der Waals surface area contributed by atoms with Crippen LogP contribution in [0.5, 0.6) is 0 Å². The van der Waals surface area contributed by atoms with Crippen LogP contribution in [-0.2, 0) is 14.1 Å². The molecule has 5 nitrogen and oxygen atoms in total. The molecule has 0 bridgehead atoms. The summed E-state index contributed by atoms with van der Waals surface area (Å²) in [5, 5.41) is 1.18. The highest BCUT2D eigenvalue weighted by Crippen LogP contribution is 2.17. The summed E-state index contributed by atoms with van der Waals surface area (Å²) in [6.45, 7) is 0. The van der Waals surface area contributed by atoms with Gasteiger partial charge in [0.25, 0.3) is 5.56 Å². The van der Waals surface area contributed by atoms with E-state index in [-0.39, 0.29) is 5.56 Å². The van der Waals surface area contributed by atoms with Crippen LogP contribution in [0.3, 0.4) is 0 Å². The van der Waals surface area contributed by atoms with Crippen LogP contribution < -0.4 is 11.2 Å². The zero-order valence-electron chi connectivity index (χ0n) is 11.0. The van der Waals surface area contributed by atoms with Gasteiger partial charge in [-0.2, -0.15) is 0 Å². The third-order valence-electron chi connectivity index (χ3n) is 3.39. The Balaban J connectivity index is 2.58. The second-order valence-corrected chi connectivity index (χ2v) is 4.62. The fourth-order valence-electron chi connectivity index (χ4n) is 2.25. The Morgan fingerprint density at radius 3 is 2.60 bits per heavy atom. The van der Waals surface area contributed by atoms with Crippen molar-refractivity contribution in [1.29, 1.82) is 0 Å². The highest BCUT2D eigenvalue weighted by atomic mass is 16.2. The minimum absolute atomic E-state index is 0.358. The lowest BCUT2D eigenvalue weighted by molar-refractivity contribution is 0.708. The maximum atomic E-state index is 12.2.